The molecule has 27 heavy (non-hydrogen) atoms. The second-order valence-electron chi connectivity index (χ2n) is 6.42. The number of fused-ring (bicyclic) bond motifs is 1. The van der Waals surface area contributed by atoms with Crippen molar-refractivity contribution < 1.29 is 19.4 Å². The first kappa shape index (κ1) is 17.6. The lowest BCUT2D eigenvalue weighted by Crippen LogP contribution is -2.33. The number of carboxylic acid groups (broad SMARTS) is 1. The number of thiazole rings is 1. The number of hydrogen-bond donors (Lipinski definition) is 2. The lowest BCUT2D eigenvalue weighted by Gasteiger charge is -2.15. The molecule has 2 aromatic carbocycles. The zero-order valence-corrected chi connectivity index (χ0v) is 15.2. The fourth-order valence-electron chi connectivity index (χ4n) is 3.19. The van der Waals surface area contributed by atoms with Gasteiger partial charge in [0, 0.05) is 6.61 Å². The molecule has 1 amide bonds. The van der Waals surface area contributed by atoms with E-state index in [1.54, 1.807) is 12.1 Å². The quantitative estimate of drug-likeness (QED) is 0.702. The number of nitrogens with zero attached hydrogens (tertiary/aromatic N) is 1. The highest BCUT2D eigenvalue weighted by atomic mass is 32.1. The lowest BCUT2D eigenvalue weighted by atomic mass is 10.0. The summed E-state index contributed by atoms with van der Waals surface area (Å²) in [5.41, 5.74) is 0.526. The summed E-state index contributed by atoms with van der Waals surface area (Å²) in [6, 6.07) is 11.9. The Hall–Kier alpha value is -2.77. The van der Waals surface area contributed by atoms with Gasteiger partial charge < -0.3 is 15.2 Å². The molecular weight excluding hydrogens is 364 g/mol. The second kappa shape index (κ2) is 7.46. The fraction of sp³-hybridized carbons (Fsp3) is 0.250. The van der Waals surface area contributed by atoms with Gasteiger partial charge in [0.25, 0.3) is 5.91 Å². The van der Waals surface area contributed by atoms with Gasteiger partial charge in [0.15, 0.2) is 6.04 Å². The number of carboxylic acids is 1. The Morgan fingerprint density at radius 1 is 1.22 bits per heavy atom. The molecule has 2 atom stereocenters. The molecule has 1 fully saturated rings. The number of carbonyl (C=O) groups is 2. The van der Waals surface area contributed by atoms with E-state index in [-0.39, 0.29) is 6.10 Å². The zero-order chi connectivity index (χ0) is 18.8. The van der Waals surface area contributed by atoms with Gasteiger partial charge in [-0.25, -0.2) is 9.78 Å². The summed E-state index contributed by atoms with van der Waals surface area (Å²) in [4.78, 5) is 29.0. The normalized spacial score (nSPS) is 17.7. The van der Waals surface area contributed by atoms with Crippen LogP contribution in [0.5, 0.6) is 0 Å². The van der Waals surface area contributed by atoms with Gasteiger partial charge >= 0.3 is 5.97 Å². The molecule has 6 nitrogen and oxygen atoms in total. The summed E-state index contributed by atoms with van der Waals surface area (Å²) < 4.78 is 5.58. The first-order chi connectivity index (χ1) is 13.1. The van der Waals surface area contributed by atoms with E-state index in [4.69, 9.17) is 4.74 Å². The minimum atomic E-state index is -1.13. The van der Waals surface area contributed by atoms with Gasteiger partial charge in [0.2, 0.25) is 0 Å². The van der Waals surface area contributed by atoms with Crippen LogP contribution in [-0.4, -0.2) is 28.6 Å². The van der Waals surface area contributed by atoms with Crippen molar-refractivity contribution in [2.24, 2.45) is 0 Å². The Kier molecular flexibility index (Phi) is 4.87. The van der Waals surface area contributed by atoms with Crippen molar-refractivity contribution in [2.75, 3.05) is 6.61 Å². The van der Waals surface area contributed by atoms with Crippen LogP contribution >= 0.6 is 11.3 Å². The van der Waals surface area contributed by atoms with Gasteiger partial charge in [-0.3, -0.25) is 4.79 Å². The summed E-state index contributed by atoms with van der Waals surface area (Å²) >= 11 is 1.25. The molecule has 0 saturated carbocycles. The number of nitrogens with one attached hydrogen (secondary N) is 1. The van der Waals surface area contributed by atoms with Crippen LogP contribution in [0.2, 0.25) is 0 Å². The maximum absolute atomic E-state index is 12.6. The third kappa shape index (κ3) is 3.70. The van der Waals surface area contributed by atoms with Gasteiger partial charge in [-0.15, -0.1) is 11.3 Å². The molecule has 138 valence electrons. The van der Waals surface area contributed by atoms with Crippen molar-refractivity contribution in [1.82, 2.24) is 10.3 Å². The Morgan fingerprint density at radius 3 is 2.78 bits per heavy atom. The molecule has 3 aromatic rings. The molecule has 2 heterocycles. The van der Waals surface area contributed by atoms with E-state index in [1.807, 2.05) is 30.3 Å². The third-order valence-corrected chi connectivity index (χ3v) is 5.67. The van der Waals surface area contributed by atoms with Crippen molar-refractivity contribution in [3.63, 3.8) is 0 Å². The van der Waals surface area contributed by atoms with Crippen LogP contribution in [0.4, 0.5) is 0 Å². The molecule has 0 spiro atoms. The van der Waals surface area contributed by atoms with Gasteiger partial charge in [-0.05, 0) is 35.2 Å². The predicted molar refractivity (Wildman–Crippen MR) is 102 cm³/mol. The Labute approximate surface area is 159 Å². The highest BCUT2D eigenvalue weighted by Gasteiger charge is 2.26. The summed E-state index contributed by atoms with van der Waals surface area (Å²) in [7, 11) is 0. The van der Waals surface area contributed by atoms with E-state index < -0.39 is 17.9 Å². The summed E-state index contributed by atoms with van der Waals surface area (Å²) in [6.07, 6.45) is 3.29. The van der Waals surface area contributed by atoms with E-state index in [0.29, 0.717) is 17.0 Å². The highest BCUT2D eigenvalue weighted by Crippen LogP contribution is 2.31. The van der Waals surface area contributed by atoms with Gasteiger partial charge in [0.05, 0.1) is 6.20 Å². The number of ether oxygens (including phenoxy) is 1. The molecule has 1 aromatic heterocycles. The molecular formula is C20H18N2O4S. The van der Waals surface area contributed by atoms with E-state index in [1.165, 1.54) is 17.5 Å². The number of carbonyl (C=O) groups excluding carboxylic acids is 1. The number of hydrogen-bond acceptors (Lipinski definition) is 5. The number of aliphatic carboxylic acids is 1. The first-order valence-corrected chi connectivity index (χ1v) is 9.53. The maximum atomic E-state index is 12.6. The van der Waals surface area contributed by atoms with Crippen LogP contribution in [0.3, 0.4) is 0 Å². The molecule has 4 rings (SSSR count). The van der Waals surface area contributed by atoms with E-state index in [2.05, 4.69) is 10.3 Å². The van der Waals surface area contributed by atoms with E-state index in [0.717, 1.165) is 28.6 Å². The molecule has 2 unspecified atom stereocenters. The Bertz CT molecular complexity index is 994. The van der Waals surface area contributed by atoms with Crippen LogP contribution in [0.1, 0.15) is 45.2 Å². The average Bonchev–Trinajstić information content (AvgIpc) is 3.36. The summed E-state index contributed by atoms with van der Waals surface area (Å²) in [6.45, 7) is 0.703. The Morgan fingerprint density at radius 2 is 2.04 bits per heavy atom. The van der Waals surface area contributed by atoms with E-state index in [9.17, 15) is 14.7 Å². The van der Waals surface area contributed by atoms with Crippen LogP contribution < -0.4 is 5.32 Å². The predicted octanol–water partition coefficient (Wildman–Crippen LogP) is 3.70. The summed E-state index contributed by atoms with van der Waals surface area (Å²) in [5.74, 6) is -1.56. The number of amides is 1. The fourth-order valence-corrected chi connectivity index (χ4v) is 4.10. The van der Waals surface area contributed by atoms with Crippen molar-refractivity contribution in [3.05, 3.63) is 64.1 Å². The van der Waals surface area contributed by atoms with Crippen molar-refractivity contribution in [3.8, 4) is 0 Å². The highest BCUT2D eigenvalue weighted by molar-refractivity contribution is 7.13. The van der Waals surface area contributed by atoms with Gasteiger partial charge in [-0.1, -0.05) is 36.4 Å². The number of aromatic nitrogens is 1. The van der Waals surface area contributed by atoms with Crippen LogP contribution in [-0.2, 0) is 9.53 Å². The molecule has 7 heteroatoms. The maximum Gasteiger partial charge on any atom is 0.330 e. The van der Waals surface area contributed by atoms with E-state index >= 15 is 0 Å². The standard InChI is InChI=1S/C20H18N2O4S/c23-18(16-11-21-19(27-16)15-6-3-9-26-15)22-17(20(24)25)14-8-7-12-4-1-2-5-13(12)10-14/h1-2,4-5,7-8,10-11,15,17H,3,6,9H2,(H,22,23)(H,24,25). The topological polar surface area (TPSA) is 88.5 Å². The third-order valence-electron chi connectivity index (χ3n) is 4.58. The smallest absolute Gasteiger partial charge is 0.330 e. The largest absolute Gasteiger partial charge is 0.479 e. The van der Waals surface area contributed by atoms with Gasteiger partial charge in [0.1, 0.15) is 16.0 Å². The van der Waals surface area contributed by atoms with Gasteiger partial charge in [-0.2, -0.15) is 0 Å². The minimum Gasteiger partial charge on any atom is -0.479 e. The second-order valence-corrected chi connectivity index (χ2v) is 7.48. The SMILES string of the molecule is O=C(NC(C(=O)O)c1ccc2ccccc2c1)c1cnc(C2CCCO2)s1. The Balaban J connectivity index is 1.55. The molecule has 1 aliphatic rings. The monoisotopic (exact) mass is 382 g/mol. The summed E-state index contributed by atoms with van der Waals surface area (Å²) in [5, 5.41) is 14.9. The molecule has 0 bridgehead atoms. The molecule has 1 aliphatic heterocycles. The first-order valence-electron chi connectivity index (χ1n) is 8.71. The van der Waals surface area contributed by atoms with Crippen molar-refractivity contribution >= 4 is 34.0 Å². The lowest BCUT2D eigenvalue weighted by molar-refractivity contribution is -0.139. The van der Waals surface area contributed by atoms with Crippen molar-refractivity contribution in [1.29, 1.82) is 0 Å². The van der Waals surface area contributed by atoms with Crippen LogP contribution in [0, 0.1) is 0 Å². The van der Waals surface area contributed by atoms with Crippen molar-refractivity contribution in [2.45, 2.75) is 25.0 Å². The molecule has 0 aliphatic carbocycles. The molecule has 2 N–H and O–H groups in total. The zero-order valence-electron chi connectivity index (χ0n) is 14.4. The van der Waals surface area contributed by atoms with Crippen LogP contribution in [0.15, 0.2) is 48.7 Å². The average molecular weight is 382 g/mol. The number of rotatable bonds is 5. The molecule has 1 saturated heterocycles. The van der Waals surface area contributed by atoms with Crippen LogP contribution in [0.25, 0.3) is 10.8 Å². The molecule has 0 radical (unpaired) electrons. The minimum absolute atomic E-state index is 0.0627. The number of benzene rings is 2.